The van der Waals surface area contributed by atoms with E-state index < -0.39 is 29.6 Å². The zero-order valence-electron chi connectivity index (χ0n) is 14.2. The topological polar surface area (TPSA) is 112 Å². The number of nitrogens with one attached hydrogen (secondary N) is 4. The van der Waals surface area contributed by atoms with Crippen LogP contribution in [0.3, 0.4) is 0 Å². The molecule has 146 valence electrons. The Morgan fingerprint density at radius 3 is 2.44 bits per heavy atom. The molecule has 1 aromatic carbocycles. The van der Waals surface area contributed by atoms with Gasteiger partial charge in [0, 0.05) is 0 Å². The number of rotatable bonds is 5. The van der Waals surface area contributed by atoms with E-state index in [0.717, 1.165) is 18.2 Å². The Labute approximate surface area is 156 Å². The normalized spacial score (nSPS) is 12.6. The fourth-order valence-electron chi connectivity index (χ4n) is 2.08. The van der Waals surface area contributed by atoms with Crippen molar-refractivity contribution < 1.29 is 22.8 Å². The average Bonchev–Trinajstić information content (AvgIpc) is 3.11. The van der Waals surface area contributed by atoms with Gasteiger partial charge in [0.25, 0.3) is 11.8 Å². The molecule has 2 amide bonds. The van der Waals surface area contributed by atoms with Crippen LogP contribution in [-0.4, -0.2) is 33.3 Å². The van der Waals surface area contributed by atoms with E-state index in [1.807, 2.05) is 0 Å². The summed E-state index contributed by atoms with van der Waals surface area (Å²) < 4.78 is 38.1. The SMILES string of the molecule is CC(C)[C@H](Nc1ccc(C(F)(F)F)cc1Cl)C(=O)NNC(=O)c1cn[nH]n1. The molecule has 27 heavy (non-hydrogen) atoms. The van der Waals surface area contributed by atoms with Crippen molar-refractivity contribution in [2.75, 3.05) is 5.32 Å². The fraction of sp³-hybridized carbons (Fsp3) is 0.333. The Kier molecular flexibility index (Phi) is 6.26. The van der Waals surface area contributed by atoms with Crippen molar-refractivity contribution in [2.45, 2.75) is 26.1 Å². The van der Waals surface area contributed by atoms with Crippen molar-refractivity contribution >= 4 is 29.1 Å². The predicted octanol–water partition coefficient (Wildman–Crippen LogP) is 2.37. The molecule has 1 aromatic heterocycles. The molecule has 0 bridgehead atoms. The second-order valence-electron chi connectivity index (χ2n) is 5.86. The van der Waals surface area contributed by atoms with E-state index in [9.17, 15) is 22.8 Å². The van der Waals surface area contributed by atoms with Gasteiger partial charge >= 0.3 is 6.18 Å². The zero-order valence-corrected chi connectivity index (χ0v) is 14.9. The van der Waals surface area contributed by atoms with Gasteiger partial charge in [0.15, 0.2) is 5.69 Å². The molecule has 1 atom stereocenters. The van der Waals surface area contributed by atoms with Crippen molar-refractivity contribution in [1.82, 2.24) is 26.3 Å². The molecule has 0 saturated carbocycles. The molecule has 0 unspecified atom stereocenters. The average molecular weight is 405 g/mol. The number of aromatic amines is 1. The summed E-state index contributed by atoms with van der Waals surface area (Å²) in [7, 11) is 0. The minimum atomic E-state index is -4.53. The van der Waals surface area contributed by atoms with Crippen LogP contribution in [0.2, 0.25) is 5.02 Å². The first kappa shape index (κ1) is 20.5. The van der Waals surface area contributed by atoms with Gasteiger partial charge in [-0.05, 0) is 24.1 Å². The number of amides is 2. The Balaban J connectivity index is 2.06. The summed E-state index contributed by atoms with van der Waals surface area (Å²) in [4.78, 5) is 24.1. The molecular formula is C15H16ClF3N6O2. The number of halogens is 4. The predicted molar refractivity (Wildman–Crippen MR) is 90.7 cm³/mol. The fourth-order valence-corrected chi connectivity index (χ4v) is 2.32. The lowest BCUT2D eigenvalue weighted by atomic mass is 10.0. The van der Waals surface area contributed by atoms with Gasteiger partial charge in [-0.15, -0.1) is 0 Å². The molecule has 2 aromatic rings. The molecule has 0 aliphatic carbocycles. The smallest absolute Gasteiger partial charge is 0.372 e. The third-order valence-corrected chi connectivity index (χ3v) is 3.82. The second-order valence-corrected chi connectivity index (χ2v) is 6.26. The highest BCUT2D eigenvalue weighted by atomic mass is 35.5. The van der Waals surface area contributed by atoms with Crippen LogP contribution in [-0.2, 0) is 11.0 Å². The number of aromatic nitrogens is 3. The quantitative estimate of drug-likeness (QED) is 0.572. The molecule has 8 nitrogen and oxygen atoms in total. The highest BCUT2D eigenvalue weighted by Gasteiger charge is 2.31. The van der Waals surface area contributed by atoms with Crippen LogP contribution >= 0.6 is 11.6 Å². The van der Waals surface area contributed by atoms with Gasteiger partial charge in [-0.1, -0.05) is 25.4 Å². The van der Waals surface area contributed by atoms with E-state index in [4.69, 9.17) is 11.6 Å². The number of carbonyl (C=O) groups is 2. The highest BCUT2D eigenvalue weighted by molar-refractivity contribution is 6.33. The van der Waals surface area contributed by atoms with Crippen LogP contribution in [0.4, 0.5) is 18.9 Å². The monoisotopic (exact) mass is 404 g/mol. The third-order valence-electron chi connectivity index (χ3n) is 3.50. The maximum atomic E-state index is 12.7. The minimum absolute atomic E-state index is 0.0323. The molecule has 2 rings (SSSR count). The summed E-state index contributed by atoms with van der Waals surface area (Å²) in [6.45, 7) is 3.43. The maximum absolute atomic E-state index is 12.7. The molecule has 0 aliphatic heterocycles. The third kappa shape index (κ3) is 5.33. The largest absolute Gasteiger partial charge is 0.416 e. The molecule has 12 heteroatoms. The number of nitrogens with zero attached hydrogens (tertiary/aromatic N) is 2. The molecule has 0 radical (unpaired) electrons. The van der Waals surface area contributed by atoms with Gasteiger partial charge in [-0.3, -0.25) is 20.4 Å². The van der Waals surface area contributed by atoms with Crippen LogP contribution in [0.25, 0.3) is 0 Å². The minimum Gasteiger partial charge on any atom is -0.372 e. The summed E-state index contributed by atoms with van der Waals surface area (Å²) in [5, 5.41) is 11.9. The standard InChI is InChI=1S/C15H16ClF3N6O2/c1-7(2)12(14(27)24-23-13(26)11-6-20-25-22-11)21-10-4-3-8(5-9(10)16)15(17,18)19/h3-7,12,21H,1-2H3,(H,23,26)(H,24,27)(H,20,22,25)/t12-/m0/s1. The lowest BCUT2D eigenvalue weighted by molar-refractivity contribution is -0.137. The van der Waals surface area contributed by atoms with Gasteiger partial charge in [-0.25, -0.2) is 0 Å². The van der Waals surface area contributed by atoms with E-state index in [1.54, 1.807) is 13.8 Å². The van der Waals surface area contributed by atoms with E-state index in [1.165, 1.54) is 6.20 Å². The molecule has 0 fully saturated rings. The number of alkyl halides is 3. The van der Waals surface area contributed by atoms with Gasteiger partial charge < -0.3 is 5.32 Å². The molecular weight excluding hydrogens is 389 g/mol. The number of H-pyrrole nitrogens is 1. The lowest BCUT2D eigenvalue weighted by Crippen LogP contribution is -2.50. The van der Waals surface area contributed by atoms with E-state index >= 15 is 0 Å². The first-order valence-corrected chi connectivity index (χ1v) is 8.06. The molecule has 0 saturated heterocycles. The number of hydrogen-bond acceptors (Lipinski definition) is 5. The van der Waals surface area contributed by atoms with Crippen molar-refractivity contribution in [3.8, 4) is 0 Å². The summed E-state index contributed by atoms with van der Waals surface area (Å²) in [5.41, 5.74) is 3.61. The molecule has 0 spiro atoms. The van der Waals surface area contributed by atoms with Crippen molar-refractivity contribution in [2.24, 2.45) is 5.92 Å². The Morgan fingerprint density at radius 2 is 1.93 bits per heavy atom. The number of hydrogen-bond donors (Lipinski definition) is 4. The number of benzene rings is 1. The summed E-state index contributed by atoms with van der Waals surface area (Å²) >= 11 is 5.90. The van der Waals surface area contributed by atoms with Gasteiger partial charge in [0.05, 0.1) is 22.5 Å². The van der Waals surface area contributed by atoms with Crippen molar-refractivity contribution in [3.05, 3.63) is 40.7 Å². The highest BCUT2D eigenvalue weighted by Crippen LogP contribution is 2.34. The Morgan fingerprint density at radius 1 is 1.22 bits per heavy atom. The Hall–Kier alpha value is -2.82. The number of carbonyl (C=O) groups excluding carboxylic acids is 2. The summed E-state index contributed by atoms with van der Waals surface area (Å²) in [5.74, 6) is -1.57. The summed E-state index contributed by atoms with van der Waals surface area (Å²) in [6, 6.07) is 1.89. The van der Waals surface area contributed by atoms with Crippen LogP contribution in [0.1, 0.15) is 29.9 Å². The molecule has 1 heterocycles. The van der Waals surface area contributed by atoms with E-state index in [2.05, 4.69) is 31.6 Å². The zero-order chi connectivity index (χ0) is 20.2. The number of anilines is 1. The first-order valence-electron chi connectivity index (χ1n) is 7.69. The molecule has 4 N–H and O–H groups in total. The first-order chi connectivity index (χ1) is 12.6. The van der Waals surface area contributed by atoms with Crippen LogP contribution in [0, 0.1) is 5.92 Å². The van der Waals surface area contributed by atoms with Crippen LogP contribution in [0.5, 0.6) is 0 Å². The van der Waals surface area contributed by atoms with Crippen LogP contribution in [0.15, 0.2) is 24.4 Å². The van der Waals surface area contributed by atoms with E-state index in [0.29, 0.717) is 0 Å². The second kappa shape index (κ2) is 8.25. The Bertz CT molecular complexity index is 810. The summed E-state index contributed by atoms with van der Waals surface area (Å²) in [6.07, 6.45) is -3.36. The van der Waals surface area contributed by atoms with Crippen LogP contribution < -0.4 is 16.2 Å². The van der Waals surface area contributed by atoms with E-state index in [-0.39, 0.29) is 22.3 Å². The van der Waals surface area contributed by atoms with Crippen molar-refractivity contribution in [3.63, 3.8) is 0 Å². The van der Waals surface area contributed by atoms with Gasteiger partial charge in [0.1, 0.15) is 6.04 Å². The molecule has 0 aliphatic rings. The van der Waals surface area contributed by atoms with Gasteiger partial charge in [-0.2, -0.15) is 28.6 Å². The van der Waals surface area contributed by atoms with Crippen molar-refractivity contribution in [1.29, 1.82) is 0 Å². The number of hydrazine groups is 1. The maximum Gasteiger partial charge on any atom is 0.416 e. The lowest BCUT2D eigenvalue weighted by Gasteiger charge is -2.23. The van der Waals surface area contributed by atoms with Gasteiger partial charge in [0.2, 0.25) is 0 Å².